The number of rotatable bonds is 12. The highest BCUT2D eigenvalue weighted by Crippen LogP contribution is 2.32. The Labute approximate surface area is 214 Å². The van der Waals surface area contributed by atoms with Crippen LogP contribution in [-0.4, -0.2) is 60.1 Å². The minimum atomic E-state index is -0.960. The number of para-hydroxylation sites is 1. The number of anilines is 1. The number of hydrogen-bond donors (Lipinski definition) is 4. The molecule has 2 atom stereocenters. The maximum atomic E-state index is 13.3. The predicted octanol–water partition coefficient (Wildman–Crippen LogP) is 1.88. The molecule has 11 nitrogen and oxygen atoms in total. The highest BCUT2D eigenvalue weighted by Gasteiger charge is 2.29. The van der Waals surface area contributed by atoms with E-state index in [1.54, 1.807) is 24.4 Å². The molecular formula is C26H33N5O6. The number of nitrogens with one attached hydrogen (secondary N) is 1. The van der Waals surface area contributed by atoms with E-state index in [2.05, 4.69) is 15.5 Å². The van der Waals surface area contributed by atoms with Crippen molar-refractivity contribution in [3.63, 3.8) is 0 Å². The first kappa shape index (κ1) is 26.5. The monoisotopic (exact) mass is 511 g/mol. The van der Waals surface area contributed by atoms with Gasteiger partial charge < -0.3 is 25.4 Å². The summed E-state index contributed by atoms with van der Waals surface area (Å²) < 4.78 is 8.48. The molecule has 3 aromatic rings. The van der Waals surface area contributed by atoms with Crippen molar-refractivity contribution in [3.8, 4) is 11.5 Å². The Morgan fingerprint density at radius 2 is 1.97 bits per heavy atom. The lowest BCUT2D eigenvalue weighted by Gasteiger charge is -2.21. The van der Waals surface area contributed by atoms with E-state index in [1.807, 2.05) is 12.1 Å². The van der Waals surface area contributed by atoms with Crippen molar-refractivity contribution in [2.75, 3.05) is 18.5 Å². The average molecular weight is 512 g/mol. The molecule has 1 amide bonds. The highest BCUT2D eigenvalue weighted by atomic mass is 16.5. The van der Waals surface area contributed by atoms with Crippen molar-refractivity contribution in [2.24, 2.45) is 5.92 Å². The van der Waals surface area contributed by atoms with E-state index in [9.17, 15) is 19.8 Å². The van der Waals surface area contributed by atoms with Gasteiger partial charge in [-0.15, -0.1) is 0 Å². The fourth-order valence-electron chi connectivity index (χ4n) is 4.64. The summed E-state index contributed by atoms with van der Waals surface area (Å²) in [6, 6.07) is 9.31. The Bertz CT molecular complexity index is 1240. The zero-order valence-electron chi connectivity index (χ0n) is 20.6. The van der Waals surface area contributed by atoms with Crippen LogP contribution in [0, 0.1) is 5.92 Å². The second kappa shape index (κ2) is 12.6. The fourth-order valence-corrected chi connectivity index (χ4v) is 4.64. The maximum absolute atomic E-state index is 13.3. The lowest BCUT2D eigenvalue weighted by molar-refractivity contribution is -0.120. The molecular weight excluding hydrogens is 478 g/mol. The molecule has 2 heterocycles. The van der Waals surface area contributed by atoms with Crippen molar-refractivity contribution in [2.45, 2.75) is 57.2 Å². The number of carbonyl (C=O) groups is 1. The van der Waals surface area contributed by atoms with Gasteiger partial charge in [0.25, 0.3) is 11.5 Å². The van der Waals surface area contributed by atoms with E-state index in [0.29, 0.717) is 24.5 Å². The summed E-state index contributed by atoms with van der Waals surface area (Å²) >= 11 is 0. The van der Waals surface area contributed by atoms with Crippen LogP contribution in [-0.2, 0) is 17.8 Å². The molecule has 1 aliphatic carbocycles. The van der Waals surface area contributed by atoms with E-state index in [0.717, 1.165) is 31.2 Å². The summed E-state index contributed by atoms with van der Waals surface area (Å²) in [5, 5.41) is 39.2. The van der Waals surface area contributed by atoms with E-state index in [1.165, 1.54) is 21.6 Å². The normalized spacial score (nSPS) is 15.4. The van der Waals surface area contributed by atoms with Crippen molar-refractivity contribution >= 4 is 11.7 Å². The highest BCUT2D eigenvalue weighted by molar-refractivity contribution is 5.92. The van der Waals surface area contributed by atoms with Crippen LogP contribution in [0.3, 0.4) is 0 Å². The van der Waals surface area contributed by atoms with Gasteiger partial charge in [-0.3, -0.25) is 14.3 Å². The molecule has 37 heavy (non-hydrogen) atoms. The largest absolute Gasteiger partial charge is 0.455 e. The second-order valence-electron chi connectivity index (χ2n) is 9.31. The number of aliphatic hydroxyl groups is 3. The topological polar surface area (TPSA) is 152 Å². The molecule has 0 spiro atoms. The third kappa shape index (κ3) is 7.03. The van der Waals surface area contributed by atoms with Gasteiger partial charge in [0.2, 0.25) is 0 Å². The van der Waals surface area contributed by atoms with Gasteiger partial charge in [0.15, 0.2) is 11.6 Å². The zero-order chi connectivity index (χ0) is 26.2. The molecule has 0 aliphatic heterocycles. The maximum Gasteiger partial charge on any atom is 0.271 e. The van der Waals surface area contributed by atoms with Crippen LogP contribution in [0.15, 0.2) is 53.6 Å². The molecule has 0 radical (unpaired) electrons. The number of carbonyl (C=O) groups excluding carboxylic acids is 1. The number of benzene rings is 1. The Balaban J connectivity index is 1.53. The first-order chi connectivity index (χ1) is 18.0. The molecule has 1 fully saturated rings. The third-order valence-electron chi connectivity index (χ3n) is 6.51. The lowest BCUT2D eigenvalue weighted by Crippen LogP contribution is -2.36. The molecule has 2 unspecified atom stereocenters. The summed E-state index contributed by atoms with van der Waals surface area (Å²) in [6.07, 6.45) is 7.11. The average Bonchev–Trinajstić information content (AvgIpc) is 3.56. The number of ether oxygens (including phenoxy) is 1. The minimum absolute atomic E-state index is 0.0293. The van der Waals surface area contributed by atoms with Gasteiger partial charge in [-0.1, -0.05) is 43.9 Å². The van der Waals surface area contributed by atoms with Crippen LogP contribution < -0.4 is 15.6 Å². The van der Waals surface area contributed by atoms with Crippen molar-refractivity contribution in [1.82, 2.24) is 19.6 Å². The fraction of sp³-hybridized carbons (Fsp3) is 0.462. The molecule has 198 valence electrons. The summed E-state index contributed by atoms with van der Waals surface area (Å²) in [6.45, 7) is -0.341. The Hall–Kier alpha value is -3.54. The molecule has 2 aromatic heterocycles. The quantitative estimate of drug-likeness (QED) is 0.288. The summed E-state index contributed by atoms with van der Waals surface area (Å²) in [4.78, 5) is 26.4. The standard InChI is InChI=1S/C26H33N5O6/c32-12-10-19-7-3-4-8-23(19)37-21-14-25(35)31(27-15-21)22(13-18-5-1-2-6-18)26(36)28-24-9-11-30(29-24)16-20(34)17-33/h3-4,7-9,11,14-15,18,20,22,32-34H,1-2,5-6,10,12-13,16-17H2,(H,28,29,36). The van der Waals surface area contributed by atoms with Gasteiger partial charge >= 0.3 is 0 Å². The minimum Gasteiger partial charge on any atom is -0.455 e. The first-order valence-corrected chi connectivity index (χ1v) is 12.6. The van der Waals surface area contributed by atoms with E-state index in [4.69, 9.17) is 9.84 Å². The van der Waals surface area contributed by atoms with E-state index < -0.39 is 30.2 Å². The van der Waals surface area contributed by atoms with Gasteiger partial charge in [-0.25, -0.2) is 4.68 Å². The molecule has 0 saturated heterocycles. The van der Waals surface area contributed by atoms with Crippen LogP contribution in [0.4, 0.5) is 5.82 Å². The second-order valence-corrected chi connectivity index (χ2v) is 9.31. The summed E-state index contributed by atoms with van der Waals surface area (Å²) in [5.74, 6) is 0.949. The summed E-state index contributed by atoms with van der Waals surface area (Å²) in [5.41, 5.74) is 0.338. The van der Waals surface area contributed by atoms with Gasteiger partial charge in [-0.2, -0.15) is 10.2 Å². The lowest BCUT2D eigenvalue weighted by atomic mass is 9.98. The van der Waals surface area contributed by atoms with Crippen LogP contribution in [0.25, 0.3) is 0 Å². The van der Waals surface area contributed by atoms with Crippen LogP contribution in [0.2, 0.25) is 0 Å². The van der Waals surface area contributed by atoms with Gasteiger partial charge in [0.05, 0.1) is 25.5 Å². The Morgan fingerprint density at radius 1 is 1.19 bits per heavy atom. The SMILES string of the molecule is O=C(Nc1ccn(CC(O)CO)n1)C(CC1CCCC1)n1ncc(Oc2ccccc2CCO)cc1=O. The van der Waals surface area contributed by atoms with Crippen LogP contribution in [0.1, 0.15) is 43.7 Å². The molecule has 0 bridgehead atoms. The number of amides is 1. The number of nitrogens with zero attached hydrogens (tertiary/aromatic N) is 4. The Kier molecular flexibility index (Phi) is 9.04. The molecule has 11 heteroatoms. The van der Waals surface area contributed by atoms with E-state index in [-0.39, 0.29) is 24.7 Å². The van der Waals surface area contributed by atoms with Crippen molar-refractivity contribution in [1.29, 1.82) is 0 Å². The zero-order valence-corrected chi connectivity index (χ0v) is 20.6. The van der Waals surface area contributed by atoms with E-state index >= 15 is 0 Å². The van der Waals surface area contributed by atoms with Gasteiger partial charge in [0.1, 0.15) is 11.8 Å². The van der Waals surface area contributed by atoms with Gasteiger partial charge in [0, 0.05) is 24.9 Å². The molecule has 4 N–H and O–H groups in total. The molecule has 1 saturated carbocycles. The smallest absolute Gasteiger partial charge is 0.271 e. The predicted molar refractivity (Wildman–Crippen MR) is 135 cm³/mol. The van der Waals surface area contributed by atoms with Crippen molar-refractivity contribution < 1.29 is 24.9 Å². The van der Waals surface area contributed by atoms with Crippen LogP contribution >= 0.6 is 0 Å². The number of aliphatic hydroxyl groups excluding tert-OH is 3. The number of hydrogen-bond acceptors (Lipinski definition) is 8. The first-order valence-electron chi connectivity index (χ1n) is 12.6. The Morgan fingerprint density at radius 3 is 2.70 bits per heavy atom. The summed E-state index contributed by atoms with van der Waals surface area (Å²) in [7, 11) is 0. The molecule has 1 aliphatic rings. The molecule has 4 rings (SSSR count). The van der Waals surface area contributed by atoms with Crippen molar-refractivity contribution in [3.05, 3.63) is 64.7 Å². The number of aromatic nitrogens is 4. The van der Waals surface area contributed by atoms with Gasteiger partial charge in [-0.05, 0) is 30.4 Å². The third-order valence-corrected chi connectivity index (χ3v) is 6.51. The van der Waals surface area contributed by atoms with Crippen LogP contribution in [0.5, 0.6) is 11.5 Å². The molecule has 1 aromatic carbocycles.